The second-order valence-electron chi connectivity index (χ2n) is 11.8. The lowest BCUT2D eigenvalue weighted by atomic mass is 9.92. The maximum atomic E-state index is 12.8. The van der Waals surface area contributed by atoms with Crippen molar-refractivity contribution in [1.82, 2.24) is 0 Å². The summed E-state index contributed by atoms with van der Waals surface area (Å²) in [5, 5.41) is 45.0. The number of aliphatic hydroxyl groups is 1. The highest BCUT2D eigenvalue weighted by atomic mass is 16.6. The number of nitro benzene ring substituents is 2. The van der Waals surface area contributed by atoms with E-state index in [9.17, 15) is 30.1 Å². The molecule has 0 saturated carbocycles. The first-order valence-corrected chi connectivity index (χ1v) is 15.2. The number of rotatable bonds is 9. The van der Waals surface area contributed by atoms with Crippen LogP contribution in [0.4, 0.5) is 17.1 Å². The minimum absolute atomic E-state index is 0.0350. The molecule has 4 N–H and O–H groups in total. The number of carbonyl (C=O) groups is 1. The van der Waals surface area contributed by atoms with Crippen molar-refractivity contribution >= 4 is 55.7 Å². The Labute approximate surface area is 276 Å². The topological polar surface area (TPSA) is 173 Å². The zero-order chi connectivity index (χ0) is 34.9. The first-order valence-electron chi connectivity index (χ1n) is 15.2. The van der Waals surface area contributed by atoms with E-state index in [1.54, 1.807) is 48.6 Å². The lowest BCUT2D eigenvalue weighted by molar-refractivity contribution is -0.383. The van der Waals surface area contributed by atoms with Gasteiger partial charge in [0.2, 0.25) is 0 Å². The van der Waals surface area contributed by atoms with Crippen LogP contribution in [0.5, 0.6) is 0 Å². The van der Waals surface area contributed by atoms with Crippen LogP contribution in [0.15, 0.2) is 113 Å². The van der Waals surface area contributed by atoms with Gasteiger partial charge in [0, 0.05) is 34.2 Å². The van der Waals surface area contributed by atoms with Crippen LogP contribution < -0.4 is 5.73 Å². The van der Waals surface area contributed by atoms with Crippen molar-refractivity contribution in [1.29, 1.82) is 5.41 Å². The van der Waals surface area contributed by atoms with Gasteiger partial charge in [-0.25, -0.2) is 0 Å². The first kappa shape index (κ1) is 33.2. The summed E-state index contributed by atoms with van der Waals surface area (Å²) >= 11 is 0. The van der Waals surface area contributed by atoms with Gasteiger partial charge in [0.1, 0.15) is 5.76 Å². The third-order valence-corrected chi connectivity index (χ3v) is 8.64. The van der Waals surface area contributed by atoms with Crippen molar-refractivity contribution in [3.8, 4) is 0 Å². The van der Waals surface area contributed by atoms with Gasteiger partial charge in [0.25, 0.3) is 11.4 Å². The highest BCUT2D eigenvalue weighted by molar-refractivity contribution is 6.17. The molecule has 242 valence electrons. The molecule has 0 bridgehead atoms. The molecule has 5 rings (SSSR count). The molecule has 0 heterocycles. The molecule has 0 aromatic heterocycles. The number of fused-ring (bicyclic) bond motifs is 2. The summed E-state index contributed by atoms with van der Waals surface area (Å²) in [6.45, 7) is 6.57. The second kappa shape index (κ2) is 13.3. The molecular formula is C38H34N4O6. The number of nitro groups is 2. The quantitative estimate of drug-likeness (QED) is 0.0407. The number of non-ortho nitro benzene ring substituents is 2. The number of nitrogens with one attached hydrogen (secondary N) is 1. The number of hydrogen-bond acceptors (Lipinski definition) is 8. The molecule has 0 saturated heterocycles. The molecular weight excluding hydrogens is 608 g/mol. The van der Waals surface area contributed by atoms with E-state index >= 15 is 0 Å². The molecule has 1 aliphatic rings. The van der Waals surface area contributed by atoms with Crippen LogP contribution in [-0.4, -0.2) is 26.4 Å². The Morgan fingerprint density at radius 2 is 1.48 bits per heavy atom. The van der Waals surface area contributed by atoms with Crippen LogP contribution in [0.25, 0.3) is 27.1 Å². The van der Waals surface area contributed by atoms with Gasteiger partial charge < -0.3 is 16.2 Å². The molecule has 0 spiro atoms. The van der Waals surface area contributed by atoms with Gasteiger partial charge in [-0.1, -0.05) is 48.6 Å². The van der Waals surface area contributed by atoms with Crippen molar-refractivity contribution in [2.75, 3.05) is 5.73 Å². The third-order valence-electron chi connectivity index (χ3n) is 8.64. The van der Waals surface area contributed by atoms with E-state index in [0.717, 1.165) is 27.8 Å². The van der Waals surface area contributed by atoms with Crippen LogP contribution in [-0.2, 0) is 4.79 Å². The van der Waals surface area contributed by atoms with Gasteiger partial charge in [0.15, 0.2) is 5.78 Å². The number of carbonyl (C=O) groups excluding carboxylic acids is 1. The van der Waals surface area contributed by atoms with Gasteiger partial charge in [-0.15, -0.1) is 0 Å². The van der Waals surface area contributed by atoms with Crippen LogP contribution in [0, 0.1) is 32.6 Å². The summed E-state index contributed by atoms with van der Waals surface area (Å²) in [5.74, 6) is -0.441. The standard InChI is InChI=1S/C38H34N4O6/c1-21(27-7-5-10-30-34(42(47)48)20-18-32(40)38(27)30)11-13-25-14-15-26(37(25)36(23(3)43)24(4)44)16-17-31(39)28-8-6-9-29-33(41(45)46)19-12-22(2)35(28)29/h5-13,16-20,39,43H,14-15,40H2,1-4H3/b17-16+,21-11-,25-13+,36-23-,39-31?. The zero-order valence-corrected chi connectivity index (χ0v) is 27.0. The number of benzene rings is 4. The number of Topliss-reactive ketones (excluding diaryl/α,β-unsaturated/α-hetero) is 1. The molecule has 0 aliphatic heterocycles. The normalized spacial score (nSPS) is 15.1. The Balaban J connectivity index is 1.60. The first-order chi connectivity index (χ1) is 22.8. The molecule has 10 heteroatoms. The molecule has 48 heavy (non-hydrogen) atoms. The molecule has 0 fully saturated rings. The minimum Gasteiger partial charge on any atom is -0.512 e. The molecule has 0 radical (unpaired) electrons. The zero-order valence-electron chi connectivity index (χ0n) is 27.0. The SMILES string of the molecule is CC(=O)/C(C1=C(/C=C/C(=N)c2cccc3c([N+](=O)[O-])ccc(C)c23)CC/C1=C\C=C(\C)c1cccc2c([N+](=O)[O-])ccc(N)c12)=C(\C)O. The summed E-state index contributed by atoms with van der Waals surface area (Å²) in [4.78, 5) is 35.3. The summed E-state index contributed by atoms with van der Waals surface area (Å²) in [6.07, 6.45) is 8.21. The van der Waals surface area contributed by atoms with Crippen LogP contribution in [0.1, 0.15) is 50.3 Å². The van der Waals surface area contributed by atoms with Gasteiger partial charge in [-0.05, 0) is 98.2 Å². The van der Waals surface area contributed by atoms with Crippen molar-refractivity contribution in [3.63, 3.8) is 0 Å². The van der Waals surface area contributed by atoms with Crippen molar-refractivity contribution in [3.05, 3.63) is 150 Å². The van der Waals surface area contributed by atoms with E-state index in [1.165, 1.54) is 32.0 Å². The smallest absolute Gasteiger partial charge is 0.277 e. The number of ketones is 1. The number of allylic oxidation sites excluding steroid dienone is 10. The maximum absolute atomic E-state index is 12.8. The van der Waals surface area contributed by atoms with E-state index in [0.29, 0.717) is 51.2 Å². The number of hydrogen-bond donors (Lipinski definition) is 3. The number of nitrogens with two attached hydrogens (primary N) is 1. The van der Waals surface area contributed by atoms with Crippen LogP contribution >= 0.6 is 0 Å². The number of nitrogen functional groups attached to an aromatic ring is 1. The van der Waals surface area contributed by atoms with Crippen molar-refractivity contribution < 1.29 is 19.7 Å². The second-order valence-corrected chi connectivity index (χ2v) is 11.8. The third kappa shape index (κ3) is 6.15. The lowest BCUT2D eigenvalue weighted by Crippen LogP contribution is -2.05. The Hall–Kier alpha value is -6.16. The predicted molar refractivity (Wildman–Crippen MR) is 190 cm³/mol. The average Bonchev–Trinajstić information content (AvgIpc) is 3.43. The molecule has 0 atom stereocenters. The molecule has 1 aliphatic carbocycles. The monoisotopic (exact) mass is 642 g/mol. The van der Waals surface area contributed by atoms with E-state index in [1.807, 2.05) is 32.1 Å². The highest BCUT2D eigenvalue weighted by Crippen LogP contribution is 2.40. The molecule has 4 aromatic rings. The van der Waals surface area contributed by atoms with E-state index in [4.69, 9.17) is 11.1 Å². The predicted octanol–water partition coefficient (Wildman–Crippen LogP) is 9.17. The van der Waals surface area contributed by atoms with Gasteiger partial charge >= 0.3 is 0 Å². The lowest BCUT2D eigenvalue weighted by Gasteiger charge is -2.12. The largest absolute Gasteiger partial charge is 0.512 e. The van der Waals surface area contributed by atoms with Crippen molar-refractivity contribution in [2.45, 2.75) is 40.5 Å². The van der Waals surface area contributed by atoms with E-state index in [-0.39, 0.29) is 34.2 Å². The molecule has 4 aromatic carbocycles. The average molecular weight is 643 g/mol. The van der Waals surface area contributed by atoms with E-state index in [2.05, 4.69) is 0 Å². The van der Waals surface area contributed by atoms with Crippen molar-refractivity contribution in [2.24, 2.45) is 0 Å². The summed E-state index contributed by atoms with van der Waals surface area (Å²) in [7, 11) is 0. The number of anilines is 1. The molecule has 0 unspecified atom stereocenters. The van der Waals surface area contributed by atoms with E-state index < -0.39 is 9.85 Å². The van der Waals surface area contributed by atoms with Gasteiger partial charge in [0.05, 0.1) is 31.9 Å². The van der Waals surface area contributed by atoms with Crippen LogP contribution in [0.3, 0.4) is 0 Å². The fraction of sp³-hybridized carbons (Fsp3) is 0.158. The number of nitrogens with zero attached hydrogens (tertiary/aromatic N) is 2. The Morgan fingerprint density at radius 1 is 0.875 bits per heavy atom. The number of aryl methyl sites for hydroxylation is 1. The maximum Gasteiger partial charge on any atom is 0.277 e. The minimum atomic E-state index is -0.435. The molecule has 0 amide bonds. The van der Waals surface area contributed by atoms with Gasteiger partial charge in [-0.3, -0.25) is 25.0 Å². The Kier molecular flexibility index (Phi) is 9.19. The van der Waals surface area contributed by atoms with Crippen LogP contribution in [0.2, 0.25) is 0 Å². The number of aliphatic hydroxyl groups excluding tert-OH is 1. The Morgan fingerprint density at radius 3 is 2.08 bits per heavy atom. The molecule has 10 nitrogen and oxygen atoms in total. The summed E-state index contributed by atoms with van der Waals surface area (Å²) in [6, 6.07) is 16.4. The fourth-order valence-corrected chi connectivity index (χ4v) is 6.44. The van der Waals surface area contributed by atoms with Gasteiger partial charge in [-0.2, -0.15) is 0 Å². The summed E-state index contributed by atoms with van der Waals surface area (Å²) < 4.78 is 0. The summed E-state index contributed by atoms with van der Waals surface area (Å²) in [5.41, 5.74) is 11.9. The fourth-order valence-electron chi connectivity index (χ4n) is 6.44. The Bertz CT molecular complexity index is 2230. The highest BCUT2D eigenvalue weighted by Gasteiger charge is 2.26.